The van der Waals surface area contributed by atoms with Crippen LogP contribution in [0.1, 0.15) is 19.8 Å². The summed E-state index contributed by atoms with van der Waals surface area (Å²) in [5.74, 6) is -0.998. The summed E-state index contributed by atoms with van der Waals surface area (Å²) in [5.41, 5.74) is 5.32. The number of sulfonamides is 1. The van der Waals surface area contributed by atoms with Gasteiger partial charge in [-0.15, -0.1) is 0 Å². The van der Waals surface area contributed by atoms with Crippen molar-refractivity contribution in [3.05, 3.63) is 34.1 Å². The van der Waals surface area contributed by atoms with Crippen molar-refractivity contribution in [3.63, 3.8) is 0 Å². The number of rotatable bonds is 3. The smallest absolute Gasteiger partial charge is 0.270 e. The van der Waals surface area contributed by atoms with E-state index in [1.807, 2.05) is 0 Å². The van der Waals surface area contributed by atoms with Gasteiger partial charge in [0, 0.05) is 30.8 Å². The van der Waals surface area contributed by atoms with E-state index >= 15 is 0 Å². The molecule has 2 atom stereocenters. The third kappa shape index (κ3) is 3.04. The molecule has 0 spiro atoms. The lowest BCUT2D eigenvalue weighted by molar-refractivity contribution is -0.385. The van der Waals surface area contributed by atoms with Crippen molar-refractivity contribution >= 4 is 15.7 Å². The minimum absolute atomic E-state index is 0.0959. The molecular formula is C12H16FN3O4S. The fourth-order valence-electron chi connectivity index (χ4n) is 2.47. The first-order valence-electron chi connectivity index (χ1n) is 6.45. The number of piperidine rings is 1. The molecule has 1 aromatic carbocycles. The number of nitrogens with zero attached hydrogens (tertiary/aromatic N) is 2. The molecule has 2 rings (SSSR count). The fraction of sp³-hybridized carbons (Fsp3) is 0.500. The number of nitro benzene ring substituents is 1. The Morgan fingerprint density at radius 1 is 1.48 bits per heavy atom. The zero-order valence-electron chi connectivity index (χ0n) is 11.4. The molecular weight excluding hydrogens is 301 g/mol. The Bertz CT molecular complexity index is 664. The predicted molar refractivity (Wildman–Crippen MR) is 73.6 cm³/mol. The lowest BCUT2D eigenvalue weighted by atomic mass is 10.0. The van der Waals surface area contributed by atoms with Gasteiger partial charge in [-0.1, -0.05) is 0 Å². The number of nitro groups is 1. The second-order valence-electron chi connectivity index (χ2n) is 5.12. The van der Waals surface area contributed by atoms with E-state index in [2.05, 4.69) is 0 Å². The van der Waals surface area contributed by atoms with Crippen LogP contribution in [0.5, 0.6) is 0 Å². The van der Waals surface area contributed by atoms with E-state index < -0.39 is 31.3 Å². The van der Waals surface area contributed by atoms with Gasteiger partial charge in [0.1, 0.15) is 10.7 Å². The molecule has 0 aliphatic carbocycles. The fourth-order valence-corrected chi connectivity index (χ4v) is 4.22. The third-order valence-electron chi connectivity index (χ3n) is 3.57. The van der Waals surface area contributed by atoms with E-state index in [4.69, 9.17) is 5.73 Å². The lowest BCUT2D eigenvalue weighted by Gasteiger charge is -2.35. The van der Waals surface area contributed by atoms with Gasteiger partial charge in [-0.05, 0) is 25.8 Å². The van der Waals surface area contributed by atoms with Crippen LogP contribution < -0.4 is 5.73 Å². The van der Waals surface area contributed by atoms with Gasteiger partial charge in [-0.25, -0.2) is 12.8 Å². The molecule has 21 heavy (non-hydrogen) atoms. The summed E-state index contributed by atoms with van der Waals surface area (Å²) in [5, 5.41) is 10.7. The zero-order chi connectivity index (χ0) is 15.8. The molecule has 1 heterocycles. The van der Waals surface area contributed by atoms with E-state index in [1.165, 1.54) is 0 Å². The number of nitrogens with two attached hydrogens (primary N) is 1. The molecule has 1 saturated heterocycles. The Labute approximate surface area is 121 Å². The Kier molecular flexibility index (Phi) is 4.26. The van der Waals surface area contributed by atoms with Crippen LogP contribution in [0.25, 0.3) is 0 Å². The molecule has 9 heteroatoms. The van der Waals surface area contributed by atoms with Crippen molar-refractivity contribution in [2.24, 2.45) is 5.73 Å². The van der Waals surface area contributed by atoms with Crippen molar-refractivity contribution in [2.45, 2.75) is 36.7 Å². The molecule has 2 unspecified atom stereocenters. The number of non-ortho nitro benzene ring substituents is 1. The van der Waals surface area contributed by atoms with Gasteiger partial charge < -0.3 is 5.73 Å². The standard InChI is InChI=1S/C12H16FN3O4S/c1-8-6-9(14)4-5-15(8)21(19,20)12-7-10(16(17)18)2-3-11(12)13/h2-3,7-9H,4-6,14H2,1H3. The van der Waals surface area contributed by atoms with Crippen LogP contribution in [0.15, 0.2) is 23.1 Å². The maximum absolute atomic E-state index is 13.8. The summed E-state index contributed by atoms with van der Waals surface area (Å²) in [7, 11) is -4.12. The molecule has 1 aromatic rings. The number of halogens is 1. The molecule has 2 N–H and O–H groups in total. The second-order valence-corrected chi connectivity index (χ2v) is 6.98. The SMILES string of the molecule is CC1CC(N)CCN1S(=O)(=O)c1cc([N+](=O)[O-])ccc1F. The highest BCUT2D eigenvalue weighted by Gasteiger charge is 2.35. The highest BCUT2D eigenvalue weighted by Crippen LogP contribution is 2.28. The number of benzene rings is 1. The molecule has 1 aliphatic heterocycles. The largest absolute Gasteiger partial charge is 0.328 e. The highest BCUT2D eigenvalue weighted by atomic mass is 32.2. The molecule has 1 fully saturated rings. The van der Waals surface area contributed by atoms with Gasteiger partial charge in [-0.2, -0.15) is 4.31 Å². The van der Waals surface area contributed by atoms with E-state index in [-0.39, 0.29) is 18.6 Å². The summed E-state index contributed by atoms with van der Waals surface area (Å²) >= 11 is 0. The molecule has 1 aliphatic rings. The van der Waals surface area contributed by atoms with E-state index in [1.54, 1.807) is 6.92 Å². The maximum Gasteiger partial charge on any atom is 0.270 e. The topological polar surface area (TPSA) is 107 Å². The van der Waals surface area contributed by atoms with E-state index in [0.29, 0.717) is 12.8 Å². The van der Waals surface area contributed by atoms with Crippen LogP contribution in [-0.2, 0) is 10.0 Å². The Hall–Kier alpha value is -1.58. The van der Waals surface area contributed by atoms with Crippen LogP contribution in [-0.4, -0.2) is 36.3 Å². The van der Waals surface area contributed by atoms with Crippen LogP contribution in [0, 0.1) is 15.9 Å². The van der Waals surface area contributed by atoms with Gasteiger partial charge in [0.25, 0.3) is 5.69 Å². The van der Waals surface area contributed by atoms with Crippen LogP contribution >= 0.6 is 0 Å². The van der Waals surface area contributed by atoms with E-state index in [0.717, 1.165) is 22.5 Å². The molecule has 116 valence electrons. The van der Waals surface area contributed by atoms with Crippen molar-refractivity contribution in [3.8, 4) is 0 Å². The van der Waals surface area contributed by atoms with Gasteiger partial charge in [0.15, 0.2) is 0 Å². The van der Waals surface area contributed by atoms with Crippen molar-refractivity contribution in [2.75, 3.05) is 6.54 Å². The summed E-state index contributed by atoms with van der Waals surface area (Å²) in [6, 6.07) is 2.01. The lowest BCUT2D eigenvalue weighted by Crippen LogP contribution is -2.48. The third-order valence-corrected chi connectivity index (χ3v) is 5.60. The number of hydrogen-bond acceptors (Lipinski definition) is 5. The van der Waals surface area contributed by atoms with Gasteiger partial charge in [0.05, 0.1) is 4.92 Å². The van der Waals surface area contributed by atoms with Gasteiger partial charge in [-0.3, -0.25) is 10.1 Å². The summed E-state index contributed by atoms with van der Waals surface area (Å²) in [4.78, 5) is 9.31. The molecule has 0 amide bonds. The molecule has 7 nitrogen and oxygen atoms in total. The molecule has 0 saturated carbocycles. The van der Waals surface area contributed by atoms with Gasteiger partial charge >= 0.3 is 0 Å². The molecule has 0 aromatic heterocycles. The maximum atomic E-state index is 13.8. The molecule has 0 bridgehead atoms. The zero-order valence-corrected chi connectivity index (χ0v) is 12.2. The van der Waals surface area contributed by atoms with Crippen LogP contribution in [0.2, 0.25) is 0 Å². The summed E-state index contributed by atoms with van der Waals surface area (Å²) < 4.78 is 40.0. The monoisotopic (exact) mass is 317 g/mol. The second kappa shape index (κ2) is 5.66. The first kappa shape index (κ1) is 15.8. The first-order chi connectivity index (χ1) is 9.73. The quantitative estimate of drug-likeness (QED) is 0.666. The Morgan fingerprint density at radius 3 is 2.71 bits per heavy atom. The van der Waals surface area contributed by atoms with Crippen molar-refractivity contribution in [1.82, 2.24) is 4.31 Å². The average Bonchev–Trinajstić information content (AvgIpc) is 2.38. The van der Waals surface area contributed by atoms with Crippen LogP contribution in [0.3, 0.4) is 0 Å². The number of hydrogen-bond donors (Lipinski definition) is 1. The Balaban J connectivity index is 2.44. The first-order valence-corrected chi connectivity index (χ1v) is 7.89. The van der Waals surface area contributed by atoms with Crippen molar-refractivity contribution in [1.29, 1.82) is 0 Å². The summed E-state index contributed by atoms with van der Waals surface area (Å²) in [6.45, 7) is 1.86. The summed E-state index contributed by atoms with van der Waals surface area (Å²) in [6.07, 6.45) is 0.940. The molecule has 0 radical (unpaired) electrons. The van der Waals surface area contributed by atoms with Crippen molar-refractivity contribution < 1.29 is 17.7 Å². The van der Waals surface area contributed by atoms with E-state index in [9.17, 15) is 22.9 Å². The minimum Gasteiger partial charge on any atom is -0.328 e. The minimum atomic E-state index is -4.12. The van der Waals surface area contributed by atoms with Crippen LogP contribution in [0.4, 0.5) is 10.1 Å². The Morgan fingerprint density at radius 2 is 2.14 bits per heavy atom. The normalized spacial score (nSPS) is 24.0. The predicted octanol–water partition coefficient (Wildman–Crippen LogP) is 1.23. The van der Waals surface area contributed by atoms with Gasteiger partial charge in [0.2, 0.25) is 10.0 Å². The average molecular weight is 317 g/mol. The highest BCUT2D eigenvalue weighted by molar-refractivity contribution is 7.89.